The molecule has 0 radical (unpaired) electrons. The third-order valence-electron chi connectivity index (χ3n) is 8.34. The Labute approximate surface area is 233 Å². The Morgan fingerprint density at radius 3 is 1.71 bits per heavy atom. The molecule has 0 N–H and O–H groups in total. The van der Waals surface area contributed by atoms with Crippen molar-refractivity contribution in [1.29, 1.82) is 0 Å². The molecule has 41 heavy (non-hydrogen) atoms. The van der Waals surface area contributed by atoms with Crippen LogP contribution in [0.1, 0.15) is 0 Å². The number of fused-ring (bicyclic) bond motifs is 9. The maximum atomic E-state index is 12.8. The van der Waals surface area contributed by atoms with Crippen LogP contribution in [0.5, 0.6) is 0 Å². The first-order valence-electron chi connectivity index (χ1n) is 13.7. The zero-order valence-electron chi connectivity index (χ0n) is 21.9. The molecule has 0 bridgehead atoms. The molecule has 0 saturated heterocycles. The Hall–Kier alpha value is -5.61. The highest BCUT2D eigenvalue weighted by Crippen LogP contribution is 2.38. The fourth-order valence-corrected chi connectivity index (χ4v) is 6.57. The molecule has 0 saturated carbocycles. The van der Waals surface area contributed by atoms with Gasteiger partial charge in [-0.25, -0.2) is 4.79 Å². The van der Waals surface area contributed by atoms with Gasteiger partial charge in [0.2, 0.25) is 0 Å². The van der Waals surface area contributed by atoms with Crippen LogP contribution in [0, 0.1) is 0 Å². The molecule has 0 fully saturated rings. The zero-order chi connectivity index (χ0) is 27.1. The van der Waals surface area contributed by atoms with E-state index in [1.54, 1.807) is 0 Å². The molecule has 0 spiro atoms. The van der Waals surface area contributed by atoms with Gasteiger partial charge in [0.15, 0.2) is 0 Å². The van der Waals surface area contributed by atoms with Gasteiger partial charge in [0.25, 0.3) is 0 Å². The quantitative estimate of drug-likeness (QED) is 0.166. The molecule has 4 nitrogen and oxygen atoms in total. The van der Waals surface area contributed by atoms with Gasteiger partial charge in [-0.3, -0.25) is 0 Å². The molecule has 0 aliphatic rings. The second-order valence-corrected chi connectivity index (χ2v) is 10.5. The van der Waals surface area contributed by atoms with Gasteiger partial charge in [-0.05, 0) is 60.0 Å². The highest BCUT2D eigenvalue weighted by atomic mass is 16.4. The van der Waals surface area contributed by atoms with Crippen molar-refractivity contribution in [2.45, 2.75) is 0 Å². The van der Waals surface area contributed by atoms with Gasteiger partial charge in [0.05, 0.1) is 27.5 Å². The lowest BCUT2D eigenvalue weighted by molar-refractivity contribution is 0.570. The van der Waals surface area contributed by atoms with Gasteiger partial charge in [-0.1, -0.05) is 78.9 Å². The van der Waals surface area contributed by atoms with E-state index >= 15 is 0 Å². The van der Waals surface area contributed by atoms with Crippen molar-refractivity contribution >= 4 is 65.4 Å². The summed E-state index contributed by atoms with van der Waals surface area (Å²) >= 11 is 0. The summed E-state index contributed by atoms with van der Waals surface area (Å²) in [4.78, 5) is 12.8. The molecule has 4 heteroatoms. The number of aromatic nitrogens is 2. The first-order chi connectivity index (χ1) is 20.3. The van der Waals surface area contributed by atoms with Crippen LogP contribution in [0.2, 0.25) is 0 Å². The summed E-state index contributed by atoms with van der Waals surface area (Å²) in [5.41, 5.74) is 7.00. The van der Waals surface area contributed by atoms with Crippen molar-refractivity contribution in [3.05, 3.63) is 144 Å². The van der Waals surface area contributed by atoms with Crippen LogP contribution in [-0.4, -0.2) is 9.13 Å². The molecule has 0 aliphatic heterocycles. The maximum absolute atomic E-state index is 12.8. The summed E-state index contributed by atoms with van der Waals surface area (Å²) < 4.78 is 10.5. The highest BCUT2D eigenvalue weighted by molar-refractivity contribution is 6.17. The lowest BCUT2D eigenvalue weighted by Gasteiger charge is -2.11. The molecule has 0 aliphatic carbocycles. The Morgan fingerprint density at radius 2 is 0.951 bits per heavy atom. The largest absolute Gasteiger partial charge is 0.422 e. The van der Waals surface area contributed by atoms with E-state index in [4.69, 9.17) is 4.42 Å². The molecular formula is C37H22N2O2. The minimum absolute atomic E-state index is 0.310. The minimum atomic E-state index is -0.310. The van der Waals surface area contributed by atoms with Crippen LogP contribution in [0.25, 0.3) is 76.7 Å². The monoisotopic (exact) mass is 526 g/mol. The molecule has 6 aromatic carbocycles. The first kappa shape index (κ1) is 22.2. The van der Waals surface area contributed by atoms with Gasteiger partial charge >= 0.3 is 5.63 Å². The maximum Gasteiger partial charge on any atom is 0.344 e. The Kier molecular flexibility index (Phi) is 4.44. The van der Waals surface area contributed by atoms with Crippen LogP contribution >= 0.6 is 0 Å². The first-order valence-corrected chi connectivity index (χ1v) is 13.7. The van der Waals surface area contributed by atoms with Gasteiger partial charge in [-0.15, -0.1) is 0 Å². The smallest absolute Gasteiger partial charge is 0.344 e. The average Bonchev–Trinajstić information content (AvgIpc) is 3.53. The third-order valence-corrected chi connectivity index (χ3v) is 8.34. The lowest BCUT2D eigenvalue weighted by atomic mass is 10.1. The third kappa shape index (κ3) is 3.07. The Morgan fingerprint density at radius 1 is 0.390 bits per heavy atom. The SMILES string of the molecule is O=c1oc2cc3c4ccccc4n(-c4ccc5c6ccccc6n(-c6ccccc6)c5c4)c3cc2c2ccccc12. The molecule has 9 rings (SSSR count). The highest BCUT2D eigenvalue weighted by Gasteiger charge is 2.18. The number of benzene rings is 6. The lowest BCUT2D eigenvalue weighted by Crippen LogP contribution is -2.00. The second kappa shape index (κ2) is 8.20. The summed E-state index contributed by atoms with van der Waals surface area (Å²) in [5, 5.41) is 7.03. The van der Waals surface area contributed by atoms with E-state index in [-0.39, 0.29) is 5.63 Å². The Bertz CT molecular complexity index is 2550. The number of nitrogens with zero attached hydrogens (tertiary/aromatic N) is 2. The fraction of sp³-hybridized carbons (Fsp3) is 0. The van der Waals surface area contributed by atoms with E-state index in [0.29, 0.717) is 11.0 Å². The molecule has 0 amide bonds. The molecular weight excluding hydrogens is 504 g/mol. The van der Waals surface area contributed by atoms with Crippen LogP contribution < -0.4 is 5.63 Å². The predicted molar refractivity (Wildman–Crippen MR) is 169 cm³/mol. The van der Waals surface area contributed by atoms with Gasteiger partial charge in [-0.2, -0.15) is 0 Å². The summed E-state index contributed by atoms with van der Waals surface area (Å²) in [6.45, 7) is 0. The van der Waals surface area contributed by atoms with Crippen LogP contribution in [0.3, 0.4) is 0 Å². The van der Waals surface area contributed by atoms with Crippen LogP contribution in [0.4, 0.5) is 0 Å². The molecule has 3 aromatic heterocycles. The summed E-state index contributed by atoms with van der Waals surface area (Å²) in [6.07, 6.45) is 0. The average molecular weight is 527 g/mol. The normalized spacial score (nSPS) is 12.0. The van der Waals surface area contributed by atoms with E-state index in [2.05, 4.69) is 112 Å². The number of hydrogen-bond donors (Lipinski definition) is 0. The molecule has 0 atom stereocenters. The molecule has 0 unspecified atom stereocenters. The Balaban J connectivity index is 1.42. The number of rotatable bonds is 2. The van der Waals surface area contributed by atoms with Crippen molar-refractivity contribution in [2.24, 2.45) is 0 Å². The summed E-state index contributed by atoms with van der Waals surface area (Å²) in [7, 11) is 0. The van der Waals surface area contributed by atoms with E-state index in [0.717, 1.165) is 49.5 Å². The van der Waals surface area contributed by atoms with E-state index in [1.165, 1.54) is 16.3 Å². The molecule has 3 heterocycles. The van der Waals surface area contributed by atoms with E-state index in [9.17, 15) is 4.79 Å². The topological polar surface area (TPSA) is 40.1 Å². The van der Waals surface area contributed by atoms with E-state index in [1.807, 2.05) is 30.3 Å². The minimum Gasteiger partial charge on any atom is -0.422 e. The van der Waals surface area contributed by atoms with E-state index < -0.39 is 0 Å². The van der Waals surface area contributed by atoms with Crippen molar-refractivity contribution in [1.82, 2.24) is 9.13 Å². The van der Waals surface area contributed by atoms with Crippen molar-refractivity contribution < 1.29 is 4.42 Å². The zero-order valence-corrected chi connectivity index (χ0v) is 21.9. The number of para-hydroxylation sites is 3. The fourth-order valence-electron chi connectivity index (χ4n) is 6.57. The van der Waals surface area contributed by atoms with Gasteiger partial charge in [0.1, 0.15) is 5.58 Å². The van der Waals surface area contributed by atoms with Crippen molar-refractivity contribution in [3.63, 3.8) is 0 Å². The summed E-state index contributed by atoms with van der Waals surface area (Å²) in [5.74, 6) is 0. The molecule has 9 aromatic rings. The van der Waals surface area contributed by atoms with Crippen molar-refractivity contribution in [3.8, 4) is 11.4 Å². The standard InChI is InChI=1S/C37H22N2O2/c40-37-29-15-5-4-12-25(29)31-21-35-30(22-36(31)41-37)27-14-7-9-17-33(27)39(35)24-18-19-28-26-13-6-8-16-32(26)38(34(28)20-24)23-10-2-1-3-11-23/h1-22H. The van der Waals surface area contributed by atoms with Crippen LogP contribution in [0.15, 0.2) is 143 Å². The van der Waals surface area contributed by atoms with Gasteiger partial charge < -0.3 is 13.6 Å². The summed E-state index contributed by atoms with van der Waals surface area (Å²) in [6, 6.07) is 46.2. The van der Waals surface area contributed by atoms with Gasteiger partial charge in [0, 0.05) is 38.3 Å². The predicted octanol–water partition coefficient (Wildman–Crippen LogP) is 9.14. The molecule has 192 valence electrons. The number of hydrogen-bond acceptors (Lipinski definition) is 2. The second-order valence-electron chi connectivity index (χ2n) is 10.5. The van der Waals surface area contributed by atoms with Crippen molar-refractivity contribution in [2.75, 3.05) is 0 Å². The van der Waals surface area contributed by atoms with Crippen LogP contribution in [-0.2, 0) is 0 Å².